The molecule has 0 radical (unpaired) electrons. The van der Waals surface area contributed by atoms with Gasteiger partial charge in [-0.3, -0.25) is 9.59 Å². The molecule has 1 saturated carbocycles. The lowest BCUT2D eigenvalue weighted by molar-refractivity contribution is -0.336. The number of aliphatic hydroxyl groups excluding tert-OH is 1. The fraction of sp³-hybridized carbons (Fsp3) is 0.435. The quantitative estimate of drug-likeness (QED) is 0.0408. The third kappa shape index (κ3) is 20.8. The van der Waals surface area contributed by atoms with E-state index in [4.69, 9.17) is 29.5 Å². The minimum absolute atomic E-state index is 0.0284. The monoisotopic (exact) mass is 864 g/mol. The van der Waals surface area contributed by atoms with E-state index < -0.39 is 41.5 Å². The second-order valence-electron chi connectivity index (χ2n) is 14.2. The van der Waals surface area contributed by atoms with E-state index >= 15 is 0 Å². The first-order valence-electron chi connectivity index (χ1n) is 20.1. The third-order valence-electron chi connectivity index (χ3n) is 9.39. The van der Waals surface area contributed by atoms with Gasteiger partial charge in [0.05, 0.1) is 17.2 Å². The van der Waals surface area contributed by atoms with Gasteiger partial charge in [-0.2, -0.15) is 26.3 Å². The maximum Gasteiger partial charge on any atom is 0.416 e. The molecule has 0 spiro atoms. The standard InChI is InChI=1S/C23H27F3O6.C23H27F3O3/c24-23(25,26)15-6-5-7-17(12-15)30-14-16(27)10-11-19-18(20-13-21(19)32-31-20)8-3-1-2-4-9-22(28)29;24-23(25,26)20-15-14-16-21(19-20)29-18-13-11-9-7-5-3-1-2-4-6-8-10-12-17-22(27)28/h1,3,5-7,10-12,16,18-21,27H,2,4,8-9,13-14H2,(H,28,29);1-2,5-8,11,13-16,19H,3-4,9-10,12,17-18H2,(H,27,28)/b3-1-,11-10+;2-1-,7-5-,8-6-,13-11-/t16-,18-,19-,20+,21-;/m1./s1. The van der Waals surface area contributed by atoms with E-state index in [1.807, 2.05) is 48.6 Å². The van der Waals surface area contributed by atoms with E-state index in [9.17, 15) is 41.0 Å². The Bertz CT molecular complexity index is 1800. The van der Waals surface area contributed by atoms with Crippen molar-refractivity contribution < 1.29 is 70.5 Å². The van der Waals surface area contributed by atoms with Crippen LogP contribution in [0.2, 0.25) is 0 Å². The number of halogens is 6. The van der Waals surface area contributed by atoms with Crippen LogP contribution >= 0.6 is 0 Å². The predicted molar refractivity (Wildman–Crippen MR) is 218 cm³/mol. The summed E-state index contributed by atoms with van der Waals surface area (Å²) < 4.78 is 86.8. The molecule has 1 aliphatic carbocycles. The van der Waals surface area contributed by atoms with Gasteiger partial charge in [0.2, 0.25) is 0 Å². The van der Waals surface area contributed by atoms with Gasteiger partial charge in [-0.1, -0.05) is 85.0 Å². The number of carboxylic acids is 2. The van der Waals surface area contributed by atoms with Crippen LogP contribution in [0.15, 0.2) is 121 Å². The number of allylic oxidation sites excluding steroid dienone is 9. The number of carbonyl (C=O) groups is 2. The van der Waals surface area contributed by atoms with Crippen LogP contribution in [0, 0.1) is 11.8 Å². The lowest BCUT2D eigenvalue weighted by Gasteiger charge is -2.27. The molecule has 61 heavy (non-hydrogen) atoms. The summed E-state index contributed by atoms with van der Waals surface area (Å²) >= 11 is 0. The summed E-state index contributed by atoms with van der Waals surface area (Å²) in [5.74, 6) is -1.14. The van der Waals surface area contributed by atoms with Crippen LogP contribution in [0.25, 0.3) is 0 Å². The highest BCUT2D eigenvalue weighted by atomic mass is 19.4. The average Bonchev–Trinajstić information content (AvgIpc) is 3.82. The van der Waals surface area contributed by atoms with Gasteiger partial charge >= 0.3 is 24.3 Å². The number of hydrogen-bond acceptors (Lipinski definition) is 7. The number of benzene rings is 2. The molecular formula is C46H54F6O9. The fourth-order valence-corrected chi connectivity index (χ4v) is 6.29. The lowest BCUT2D eigenvalue weighted by Crippen LogP contribution is -2.29. The summed E-state index contributed by atoms with van der Waals surface area (Å²) in [6.07, 6.45) is 20.2. The van der Waals surface area contributed by atoms with Gasteiger partial charge in [0.25, 0.3) is 0 Å². The predicted octanol–water partition coefficient (Wildman–Crippen LogP) is 11.3. The van der Waals surface area contributed by atoms with Crippen molar-refractivity contribution in [2.45, 2.75) is 101 Å². The van der Waals surface area contributed by atoms with Crippen molar-refractivity contribution in [3.8, 4) is 11.5 Å². The summed E-state index contributed by atoms with van der Waals surface area (Å²) in [4.78, 5) is 31.5. The summed E-state index contributed by atoms with van der Waals surface area (Å²) in [6.45, 7) is 0.0397. The van der Waals surface area contributed by atoms with Crippen molar-refractivity contribution >= 4 is 11.9 Å². The minimum atomic E-state index is -4.46. The normalized spacial score (nSPS) is 19.8. The number of rotatable bonds is 24. The highest BCUT2D eigenvalue weighted by molar-refractivity contribution is 5.66. The van der Waals surface area contributed by atoms with Gasteiger partial charge < -0.3 is 24.8 Å². The zero-order chi connectivity index (χ0) is 44.5. The topological polar surface area (TPSA) is 132 Å². The number of fused-ring (bicyclic) bond motifs is 2. The summed E-state index contributed by atoms with van der Waals surface area (Å²) in [5, 5.41) is 27.4. The number of aliphatic carboxylic acids is 2. The molecule has 0 aromatic heterocycles. The Kier molecular flexibility index (Phi) is 22.2. The van der Waals surface area contributed by atoms with Gasteiger partial charge in [0, 0.05) is 31.1 Å². The summed E-state index contributed by atoms with van der Waals surface area (Å²) in [5.41, 5.74) is -1.53. The molecule has 2 fully saturated rings. The number of carboxylic acid groups (broad SMARTS) is 2. The van der Waals surface area contributed by atoms with Crippen LogP contribution in [0.3, 0.4) is 0 Å². The fourth-order valence-electron chi connectivity index (χ4n) is 6.29. The Hall–Kier alpha value is -5.12. The highest BCUT2D eigenvalue weighted by Gasteiger charge is 2.49. The minimum Gasteiger partial charge on any atom is -0.491 e. The van der Waals surface area contributed by atoms with Gasteiger partial charge in [-0.05, 0) is 87.8 Å². The molecule has 1 heterocycles. The Morgan fingerprint density at radius 1 is 0.689 bits per heavy atom. The number of unbranched alkanes of at least 4 members (excludes halogenated alkanes) is 2. The number of hydrogen-bond donors (Lipinski definition) is 3. The Morgan fingerprint density at radius 3 is 1.72 bits per heavy atom. The molecule has 2 bridgehead atoms. The first kappa shape index (κ1) is 50.2. The van der Waals surface area contributed by atoms with E-state index in [1.54, 1.807) is 12.2 Å². The van der Waals surface area contributed by atoms with Crippen molar-refractivity contribution in [3.63, 3.8) is 0 Å². The van der Waals surface area contributed by atoms with Gasteiger partial charge in [0.1, 0.15) is 36.9 Å². The largest absolute Gasteiger partial charge is 0.491 e. The molecule has 3 N–H and O–H groups in total. The maximum atomic E-state index is 12.8. The Balaban J connectivity index is 0.000000327. The Labute approximate surface area is 352 Å². The van der Waals surface area contributed by atoms with Crippen LogP contribution < -0.4 is 9.47 Å². The van der Waals surface area contributed by atoms with Gasteiger partial charge in [-0.25, -0.2) is 9.78 Å². The second-order valence-corrected chi connectivity index (χ2v) is 14.2. The summed E-state index contributed by atoms with van der Waals surface area (Å²) in [7, 11) is 0. The number of ether oxygens (including phenoxy) is 2. The molecule has 2 aromatic rings. The molecule has 9 nitrogen and oxygen atoms in total. The first-order chi connectivity index (χ1) is 29.1. The molecule has 15 heteroatoms. The zero-order valence-electron chi connectivity index (χ0n) is 33.7. The SMILES string of the molecule is O=C(O)CCC/C=C\C/C=C\C/C=C\C/C=C\COc1cccc(C(F)(F)F)c1.O=C(O)CCC/C=C\C[C@@H]1[C@@H](/C=C/[C@@H](O)COc2cccc(C(F)(F)F)c2)[C@H]2C[C@@H]1OO2. The number of aliphatic hydroxyl groups is 1. The van der Waals surface area contributed by atoms with E-state index in [2.05, 4.69) is 12.2 Å². The molecule has 5 atom stereocenters. The van der Waals surface area contributed by atoms with Crippen LogP contribution in [-0.2, 0) is 31.7 Å². The van der Waals surface area contributed by atoms with Crippen molar-refractivity contribution in [2.75, 3.05) is 13.2 Å². The van der Waals surface area contributed by atoms with Gasteiger partial charge in [0.15, 0.2) is 0 Å². The molecule has 0 amide bonds. The van der Waals surface area contributed by atoms with E-state index in [0.717, 1.165) is 62.8 Å². The van der Waals surface area contributed by atoms with Crippen LogP contribution in [0.5, 0.6) is 11.5 Å². The smallest absolute Gasteiger partial charge is 0.416 e. The molecule has 334 valence electrons. The van der Waals surface area contributed by atoms with Crippen molar-refractivity contribution in [3.05, 3.63) is 133 Å². The van der Waals surface area contributed by atoms with E-state index in [1.165, 1.54) is 24.3 Å². The second kappa shape index (κ2) is 27.0. The number of alkyl halides is 6. The lowest BCUT2D eigenvalue weighted by atomic mass is 9.89. The van der Waals surface area contributed by atoms with Crippen LogP contribution in [0.1, 0.15) is 81.8 Å². The molecular weight excluding hydrogens is 810 g/mol. The highest BCUT2D eigenvalue weighted by Crippen LogP contribution is 2.45. The van der Waals surface area contributed by atoms with Gasteiger partial charge in [-0.15, -0.1) is 0 Å². The zero-order valence-corrected chi connectivity index (χ0v) is 33.7. The van der Waals surface area contributed by atoms with Crippen LogP contribution in [-0.4, -0.2) is 58.8 Å². The van der Waals surface area contributed by atoms with Crippen molar-refractivity contribution in [1.82, 2.24) is 0 Å². The molecule has 0 unspecified atom stereocenters. The molecule has 2 aromatic carbocycles. The maximum absolute atomic E-state index is 12.8. The molecule has 2 aliphatic rings. The Morgan fingerprint density at radius 2 is 1.18 bits per heavy atom. The molecule has 4 rings (SSSR count). The molecule has 1 aliphatic heterocycles. The third-order valence-corrected chi connectivity index (χ3v) is 9.39. The first-order valence-corrected chi connectivity index (χ1v) is 20.1. The van der Waals surface area contributed by atoms with Crippen LogP contribution in [0.4, 0.5) is 26.3 Å². The van der Waals surface area contributed by atoms with Crippen molar-refractivity contribution in [2.24, 2.45) is 11.8 Å². The summed E-state index contributed by atoms with van der Waals surface area (Å²) in [6, 6.07) is 9.36. The van der Waals surface area contributed by atoms with E-state index in [0.29, 0.717) is 19.3 Å². The van der Waals surface area contributed by atoms with Crippen molar-refractivity contribution in [1.29, 1.82) is 0 Å². The molecule has 1 saturated heterocycles. The van der Waals surface area contributed by atoms with E-state index in [-0.39, 0.29) is 61.6 Å². The average molecular weight is 865 g/mol.